The third kappa shape index (κ3) is 4.12. The molecule has 0 fully saturated rings. The number of aromatic nitrogens is 2. The summed E-state index contributed by atoms with van der Waals surface area (Å²) < 4.78 is 0. The van der Waals surface area contributed by atoms with Gasteiger partial charge in [0.05, 0.1) is 28.2 Å². The second-order valence-corrected chi connectivity index (χ2v) is 7.48. The van der Waals surface area contributed by atoms with Crippen LogP contribution >= 0.6 is 0 Å². The summed E-state index contributed by atoms with van der Waals surface area (Å²) >= 11 is 0. The van der Waals surface area contributed by atoms with Crippen molar-refractivity contribution < 1.29 is 9.59 Å². The van der Waals surface area contributed by atoms with Crippen LogP contribution in [0.5, 0.6) is 0 Å². The van der Waals surface area contributed by atoms with Crippen LogP contribution in [0.3, 0.4) is 0 Å². The van der Waals surface area contributed by atoms with Crippen molar-refractivity contribution in [3.8, 4) is 11.4 Å². The molecule has 0 radical (unpaired) electrons. The molecule has 0 saturated heterocycles. The summed E-state index contributed by atoms with van der Waals surface area (Å²) in [5.41, 5.74) is 3.88. The van der Waals surface area contributed by atoms with Gasteiger partial charge in [0.15, 0.2) is 5.78 Å². The molecule has 0 aliphatic heterocycles. The molecule has 5 aromatic rings. The normalized spacial score (nSPS) is 10.7. The van der Waals surface area contributed by atoms with Crippen molar-refractivity contribution in [3.05, 3.63) is 126 Å². The standard InChI is InChI=1S/C28H19N3O2/c32-27(19-10-2-1-3-11-19)21-13-5-7-15-24(21)31-28(33)22-18-26(25-16-8-9-17-29-25)30-23-14-6-4-12-20(22)23/h1-18H,(H,31,33). The van der Waals surface area contributed by atoms with E-state index >= 15 is 0 Å². The maximum atomic E-state index is 13.5. The van der Waals surface area contributed by atoms with Crippen LogP contribution in [0.25, 0.3) is 22.3 Å². The first kappa shape index (κ1) is 20.3. The van der Waals surface area contributed by atoms with Crippen LogP contribution in [0.4, 0.5) is 5.69 Å². The van der Waals surface area contributed by atoms with Crippen molar-refractivity contribution in [2.45, 2.75) is 0 Å². The molecule has 1 amide bonds. The number of carbonyl (C=O) groups is 2. The van der Waals surface area contributed by atoms with Crippen molar-refractivity contribution in [1.29, 1.82) is 0 Å². The van der Waals surface area contributed by atoms with E-state index in [9.17, 15) is 9.59 Å². The Morgan fingerprint density at radius 2 is 1.39 bits per heavy atom. The monoisotopic (exact) mass is 429 g/mol. The van der Waals surface area contributed by atoms with E-state index in [4.69, 9.17) is 0 Å². The Morgan fingerprint density at radius 1 is 0.667 bits per heavy atom. The topological polar surface area (TPSA) is 72.0 Å². The van der Waals surface area contributed by atoms with E-state index in [0.29, 0.717) is 39.3 Å². The molecule has 5 rings (SSSR count). The van der Waals surface area contributed by atoms with Crippen molar-refractivity contribution in [2.24, 2.45) is 0 Å². The van der Waals surface area contributed by atoms with Gasteiger partial charge in [0, 0.05) is 22.7 Å². The van der Waals surface area contributed by atoms with E-state index in [-0.39, 0.29) is 11.7 Å². The predicted octanol–water partition coefficient (Wildman–Crippen LogP) is 5.78. The fourth-order valence-electron chi connectivity index (χ4n) is 3.73. The zero-order chi connectivity index (χ0) is 22.6. The van der Waals surface area contributed by atoms with E-state index in [2.05, 4.69) is 15.3 Å². The van der Waals surface area contributed by atoms with Gasteiger partial charge in [0.1, 0.15) is 0 Å². The highest BCUT2D eigenvalue weighted by Gasteiger charge is 2.18. The van der Waals surface area contributed by atoms with Crippen molar-refractivity contribution in [2.75, 3.05) is 5.32 Å². The number of hydrogen-bond acceptors (Lipinski definition) is 4. The number of nitrogens with zero attached hydrogens (tertiary/aromatic N) is 2. The number of rotatable bonds is 5. The Kier molecular flexibility index (Phi) is 5.43. The molecular formula is C28H19N3O2. The van der Waals surface area contributed by atoms with E-state index < -0.39 is 0 Å². The van der Waals surface area contributed by atoms with E-state index in [1.165, 1.54) is 0 Å². The number of nitrogens with one attached hydrogen (secondary N) is 1. The van der Waals surface area contributed by atoms with Crippen molar-refractivity contribution >= 4 is 28.3 Å². The fourth-order valence-corrected chi connectivity index (χ4v) is 3.73. The Bertz CT molecular complexity index is 1470. The third-order valence-corrected chi connectivity index (χ3v) is 5.34. The number of hydrogen-bond donors (Lipinski definition) is 1. The predicted molar refractivity (Wildman–Crippen MR) is 129 cm³/mol. The molecule has 0 aliphatic rings. The lowest BCUT2D eigenvalue weighted by molar-refractivity contribution is 0.102. The zero-order valence-corrected chi connectivity index (χ0v) is 17.6. The Balaban J connectivity index is 1.55. The summed E-state index contributed by atoms with van der Waals surface area (Å²) in [4.78, 5) is 35.6. The minimum Gasteiger partial charge on any atom is -0.321 e. The van der Waals surface area contributed by atoms with Crippen LogP contribution in [0.15, 0.2) is 109 Å². The Morgan fingerprint density at radius 3 is 2.21 bits per heavy atom. The number of anilines is 1. The van der Waals surface area contributed by atoms with Gasteiger partial charge in [-0.1, -0.05) is 66.7 Å². The van der Waals surface area contributed by atoms with Crippen molar-refractivity contribution in [1.82, 2.24) is 9.97 Å². The number of para-hydroxylation sites is 2. The van der Waals surface area contributed by atoms with Gasteiger partial charge in [-0.3, -0.25) is 14.6 Å². The number of pyridine rings is 2. The zero-order valence-electron chi connectivity index (χ0n) is 17.6. The van der Waals surface area contributed by atoms with Crippen LogP contribution in [-0.2, 0) is 0 Å². The summed E-state index contributed by atoms with van der Waals surface area (Å²) in [6.45, 7) is 0. The third-order valence-electron chi connectivity index (χ3n) is 5.34. The average molecular weight is 429 g/mol. The maximum Gasteiger partial charge on any atom is 0.256 e. The van der Waals surface area contributed by atoms with Gasteiger partial charge in [0.25, 0.3) is 5.91 Å². The highest BCUT2D eigenvalue weighted by atomic mass is 16.2. The molecule has 5 heteroatoms. The Labute approximate surface area is 190 Å². The minimum absolute atomic E-state index is 0.153. The summed E-state index contributed by atoms with van der Waals surface area (Å²) in [5, 5.41) is 3.66. The first-order chi connectivity index (χ1) is 16.2. The fraction of sp³-hybridized carbons (Fsp3) is 0. The second kappa shape index (κ2) is 8.85. The maximum absolute atomic E-state index is 13.5. The molecular weight excluding hydrogens is 410 g/mol. The van der Waals surface area contributed by atoms with E-state index in [1.54, 1.807) is 48.7 Å². The van der Waals surface area contributed by atoms with E-state index in [0.717, 1.165) is 5.39 Å². The summed E-state index contributed by atoms with van der Waals surface area (Å²) in [7, 11) is 0. The Hall–Kier alpha value is -4.64. The van der Waals surface area contributed by atoms with Gasteiger partial charge < -0.3 is 5.32 Å². The number of amides is 1. The summed E-state index contributed by atoms with van der Waals surface area (Å²) in [6.07, 6.45) is 1.69. The second-order valence-electron chi connectivity index (χ2n) is 7.48. The molecule has 0 bridgehead atoms. The SMILES string of the molecule is O=C(c1ccccc1)c1ccccc1NC(=O)c1cc(-c2ccccn2)nc2ccccc12. The lowest BCUT2D eigenvalue weighted by Gasteiger charge is -2.13. The van der Waals surface area contributed by atoms with Crippen LogP contribution in [-0.4, -0.2) is 21.7 Å². The molecule has 2 heterocycles. The number of benzene rings is 3. The first-order valence-electron chi connectivity index (χ1n) is 10.5. The highest BCUT2D eigenvalue weighted by Crippen LogP contribution is 2.26. The lowest BCUT2D eigenvalue weighted by Crippen LogP contribution is -2.16. The van der Waals surface area contributed by atoms with Gasteiger partial charge in [-0.05, 0) is 36.4 Å². The highest BCUT2D eigenvalue weighted by molar-refractivity contribution is 6.17. The molecule has 158 valence electrons. The van der Waals surface area contributed by atoms with Gasteiger partial charge in [-0.15, -0.1) is 0 Å². The molecule has 2 aromatic heterocycles. The summed E-state index contributed by atoms with van der Waals surface area (Å²) in [5.74, 6) is -0.473. The van der Waals surface area contributed by atoms with E-state index in [1.807, 2.05) is 60.7 Å². The molecule has 3 aromatic carbocycles. The first-order valence-corrected chi connectivity index (χ1v) is 10.5. The van der Waals surface area contributed by atoms with Crippen LogP contribution in [0, 0.1) is 0 Å². The quantitative estimate of drug-likeness (QED) is 0.360. The van der Waals surface area contributed by atoms with Crippen LogP contribution < -0.4 is 5.32 Å². The average Bonchev–Trinajstić information content (AvgIpc) is 2.89. The summed E-state index contributed by atoms with van der Waals surface area (Å²) in [6, 6.07) is 30.8. The van der Waals surface area contributed by atoms with Crippen LogP contribution in [0.2, 0.25) is 0 Å². The van der Waals surface area contributed by atoms with Gasteiger partial charge in [0.2, 0.25) is 0 Å². The van der Waals surface area contributed by atoms with Gasteiger partial charge in [-0.25, -0.2) is 4.98 Å². The molecule has 0 unspecified atom stereocenters. The number of ketones is 1. The molecule has 33 heavy (non-hydrogen) atoms. The lowest BCUT2D eigenvalue weighted by atomic mass is 10.0. The number of carbonyl (C=O) groups excluding carboxylic acids is 2. The smallest absolute Gasteiger partial charge is 0.256 e. The minimum atomic E-state index is -0.320. The largest absolute Gasteiger partial charge is 0.321 e. The molecule has 1 N–H and O–H groups in total. The molecule has 0 saturated carbocycles. The number of fused-ring (bicyclic) bond motifs is 1. The van der Waals surface area contributed by atoms with Crippen LogP contribution in [0.1, 0.15) is 26.3 Å². The van der Waals surface area contributed by atoms with Crippen molar-refractivity contribution in [3.63, 3.8) is 0 Å². The van der Waals surface area contributed by atoms with Gasteiger partial charge >= 0.3 is 0 Å². The molecule has 0 spiro atoms. The van der Waals surface area contributed by atoms with Gasteiger partial charge in [-0.2, -0.15) is 0 Å². The molecule has 0 aliphatic carbocycles. The molecule has 5 nitrogen and oxygen atoms in total. The molecule has 0 atom stereocenters.